The van der Waals surface area contributed by atoms with Gasteiger partial charge in [0.1, 0.15) is 11.8 Å². The molecule has 2 aromatic rings. The van der Waals surface area contributed by atoms with Gasteiger partial charge in [-0.15, -0.1) is 0 Å². The lowest BCUT2D eigenvalue weighted by atomic mass is 10.0. The number of carbonyl (C=O) groups excluding carboxylic acids is 2. The number of rotatable bonds is 11. The fraction of sp³-hybridized carbons (Fsp3) is 0.462. The molecule has 0 aromatic heterocycles. The quantitative estimate of drug-likeness (QED) is 0.557. The molecule has 0 bridgehead atoms. The van der Waals surface area contributed by atoms with E-state index in [1.165, 1.54) is 0 Å². The van der Waals surface area contributed by atoms with Gasteiger partial charge in [-0.25, -0.2) is 0 Å². The van der Waals surface area contributed by atoms with Crippen LogP contribution in [-0.4, -0.2) is 35.4 Å². The number of hydrogen-bond acceptors (Lipinski definition) is 3. The van der Waals surface area contributed by atoms with Crippen LogP contribution in [0.2, 0.25) is 0 Å². The summed E-state index contributed by atoms with van der Waals surface area (Å²) < 4.78 is 5.93. The standard InChI is InChI=1S/C26H36N2O3/c1-6-20(5)27-26(30)23(7-2)28(17-21-13-9-8-10-14-21)25(29)18-31-24-16-12-11-15-22(24)19(3)4/h8-16,19-20,23H,6-7,17-18H2,1-5H3,(H,27,30)/t20-,23-/m0/s1. The van der Waals surface area contributed by atoms with E-state index in [2.05, 4.69) is 19.2 Å². The molecule has 2 amide bonds. The molecule has 0 saturated carbocycles. The summed E-state index contributed by atoms with van der Waals surface area (Å²) in [6.45, 7) is 10.4. The molecule has 0 radical (unpaired) electrons. The van der Waals surface area contributed by atoms with Crippen LogP contribution < -0.4 is 10.1 Å². The number of benzene rings is 2. The second-order valence-corrected chi connectivity index (χ2v) is 8.23. The number of carbonyl (C=O) groups is 2. The van der Waals surface area contributed by atoms with Crippen molar-refractivity contribution in [3.63, 3.8) is 0 Å². The molecule has 0 aliphatic carbocycles. The average molecular weight is 425 g/mol. The first-order valence-electron chi connectivity index (χ1n) is 11.2. The van der Waals surface area contributed by atoms with Crippen molar-refractivity contribution in [3.05, 3.63) is 65.7 Å². The molecule has 2 atom stereocenters. The van der Waals surface area contributed by atoms with Crippen LogP contribution in [0.1, 0.15) is 64.5 Å². The lowest BCUT2D eigenvalue weighted by Crippen LogP contribution is -2.51. The summed E-state index contributed by atoms with van der Waals surface area (Å²) in [4.78, 5) is 27.9. The Kier molecular flexibility index (Phi) is 9.57. The third-order valence-electron chi connectivity index (χ3n) is 5.47. The van der Waals surface area contributed by atoms with Gasteiger partial charge in [-0.1, -0.05) is 76.2 Å². The van der Waals surface area contributed by atoms with Crippen LogP contribution in [0.25, 0.3) is 0 Å². The Bertz CT molecular complexity index is 836. The minimum Gasteiger partial charge on any atom is -0.483 e. The Hall–Kier alpha value is -2.82. The molecular formula is C26H36N2O3. The number of nitrogens with zero attached hydrogens (tertiary/aromatic N) is 1. The molecule has 0 heterocycles. The van der Waals surface area contributed by atoms with Gasteiger partial charge in [-0.2, -0.15) is 0 Å². The van der Waals surface area contributed by atoms with Crippen molar-refractivity contribution in [1.29, 1.82) is 0 Å². The molecule has 0 saturated heterocycles. The Morgan fingerprint density at radius 2 is 1.58 bits per heavy atom. The SMILES string of the molecule is CC[C@H](C)NC(=O)[C@H](CC)N(Cc1ccccc1)C(=O)COc1ccccc1C(C)C. The van der Waals surface area contributed by atoms with Gasteiger partial charge in [0.2, 0.25) is 5.91 Å². The van der Waals surface area contributed by atoms with Crippen LogP contribution in [0.15, 0.2) is 54.6 Å². The molecule has 0 aliphatic heterocycles. The van der Waals surface area contributed by atoms with E-state index in [0.717, 1.165) is 17.5 Å². The predicted octanol–water partition coefficient (Wildman–Crippen LogP) is 4.91. The van der Waals surface area contributed by atoms with Crippen molar-refractivity contribution in [2.45, 2.75) is 72.0 Å². The van der Waals surface area contributed by atoms with Crippen LogP contribution in [-0.2, 0) is 16.1 Å². The monoisotopic (exact) mass is 424 g/mol. The van der Waals surface area contributed by atoms with Crippen LogP contribution >= 0.6 is 0 Å². The molecule has 31 heavy (non-hydrogen) atoms. The first-order chi connectivity index (χ1) is 14.9. The zero-order valence-corrected chi connectivity index (χ0v) is 19.4. The number of amides is 2. The van der Waals surface area contributed by atoms with E-state index in [1.54, 1.807) is 4.90 Å². The smallest absolute Gasteiger partial charge is 0.261 e. The highest BCUT2D eigenvalue weighted by atomic mass is 16.5. The van der Waals surface area contributed by atoms with Gasteiger partial charge in [0.05, 0.1) is 0 Å². The van der Waals surface area contributed by atoms with Crippen molar-refractivity contribution in [1.82, 2.24) is 10.2 Å². The van der Waals surface area contributed by atoms with Crippen LogP contribution in [0.4, 0.5) is 0 Å². The van der Waals surface area contributed by atoms with Gasteiger partial charge < -0.3 is 15.0 Å². The molecule has 5 nitrogen and oxygen atoms in total. The highest BCUT2D eigenvalue weighted by Crippen LogP contribution is 2.26. The highest BCUT2D eigenvalue weighted by Gasteiger charge is 2.29. The zero-order valence-electron chi connectivity index (χ0n) is 19.4. The molecule has 0 unspecified atom stereocenters. The average Bonchev–Trinajstić information content (AvgIpc) is 2.77. The summed E-state index contributed by atoms with van der Waals surface area (Å²) in [6.07, 6.45) is 1.37. The zero-order chi connectivity index (χ0) is 22.8. The van der Waals surface area contributed by atoms with Crippen LogP contribution in [0.5, 0.6) is 5.75 Å². The van der Waals surface area contributed by atoms with E-state index >= 15 is 0 Å². The second kappa shape index (κ2) is 12.1. The van der Waals surface area contributed by atoms with Gasteiger partial charge in [0, 0.05) is 12.6 Å². The Labute approximate surface area is 186 Å². The van der Waals surface area contributed by atoms with Gasteiger partial charge in [0.15, 0.2) is 6.61 Å². The maximum atomic E-state index is 13.3. The van der Waals surface area contributed by atoms with Crippen molar-refractivity contribution in [2.75, 3.05) is 6.61 Å². The van der Waals surface area contributed by atoms with Crippen molar-refractivity contribution in [2.24, 2.45) is 0 Å². The molecule has 2 aromatic carbocycles. The second-order valence-electron chi connectivity index (χ2n) is 8.23. The molecular weight excluding hydrogens is 388 g/mol. The number of hydrogen-bond donors (Lipinski definition) is 1. The van der Waals surface area contributed by atoms with E-state index in [1.807, 2.05) is 75.4 Å². The summed E-state index contributed by atoms with van der Waals surface area (Å²) in [5, 5.41) is 3.03. The number of para-hydroxylation sites is 1. The Morgan fingerprint density at radius 1 is 0.935 bits per heavy atom. The predicted molar refractivity (Wildman–Crippen MR) is 125 cm³/mol. The largest absolute Gasteiger partial charge is 0.483 e. The summed E-state index contributed by atoms with van der Waals surface area (Å²) in [7, 11) is 0. The molecule has 168 valence electrons. The minimum absolute atomic E-state index is 0.0596. The normalized spacial score (nSPS) is 12.8. The van der Waals surface area contributed by atoms with Crippen LogP contribution in [0, 0.1) is 0 Å². The Morgan fingerprint density at radius 3 is 2.19 bits per heavy atom. The van der Waals surface area contributed by atoms with E-state index in [9.17, 15) is 9.59 Å². The fourth-order valence-electron chi connectivity index (χ4n) is 3.45. The van der Waals surface area contributed by atoms with E-state index in [-0.39, 0.29) is 30.4 Å². The van der Waals surface area contributed by atoms with E-state index in [0.29, 0.717) is 18.7 Å². The van der Waals surface area contributed by atoms with Gasteiger partial charge >= 0.3 is 0 Å². The molecule has 1 N–H and O–H groups in total. The lowest BCUT2D eigenvalue weighted by Gasteiger charge is -2.31. The summed E-state index contributed by atoms with van der Waals surface area (Å²) in [5.74, 6) is 0.677. The summed E-state index contributed by atoms with van der Waals surface area (Å²) >= 11 is 0. The lowest BCUT2D eigenvalue weighted by molar-refractivity contribution is -0.143. The fourth-order valence-corrected chi connectivity index (χ4v) is 3.45. The molecule has 5 heteroatoms. The van der Waals surface area contributed by atoms with E-state index in [4.69, 9.17) is 4.74 Å². The van der Waals surface area contributed by atoms with Gasteiger partial charge in [0.25, 0.3) is 5.91 Å². The van der Waals surface area contributed by atoms with Gasteiger partial charge in [-0.05, 0) is 42.9 Å². The first kappa shape index (κ1) is 24.4. The third-order valence-corrected chi connectivity index (χ3v) is 5.47. The van der Waals surface area contributed by atoms with Gasteiger partial charge in [-0.3, -0.25) is 9.59 Å². The topological polar surface area (TPSA) is 58.6 Å². The van der Waals surface area contributed by atoms with Crippen molar-refractivity contribution < 1.29 is 14.3 Å². The first-order valence-corrected chi connectivity index (χ1v) is 11.2. The van der Waals surface area contributed by atoms with Crippen molar-refractivity contribution >= 4 is 11.8 Å². The number of ether oxygens (including phenoxy) is 1. The third kappa shape index (κ3) is 7.12. The number of nitrogens with one attached hydrogen (secondary N) is 1. The maximum Gasteiger partial charge on any atom is 0.261 e. The molecule has 2 rings (SSSR count). The highest BCUT2D eigenvalue weighted by molar-refractivity contribution is 5.88. The molecule has 0 spiro atoms. The Balaban J connectivity index is 2.22. The maximum absolute atomic E-state index is 13.3. The summed E-state index contributed by atoms with van der Waals surface area (Å²) in [6, 6.07) is 17.0. The van der Waals surface area contributed by atoms with Crippen LogP contribution in [0.3, 0.4) is 0 Å². The van der Waals surface area contributed by atoms with E-state index < -0.39 is 6.04 Å². The molecule has 0 fully saturated rings. The van der Waals surface area contributed by atoms with Crippen molar-refractivity contribution in [3.8, 4) is 5.75 Å². The molecule has 0 aliphatic rings. The summed E-state index contributed by atoms with van der Waals surface area (Å²) in [5.41, 5.74) is 2.04. The minimum atomic E-state index is -0.550.